The maximum Gasteiger partial charge on any atom is 0.401 e. The van der Waals surface area contributed by atoms with Gasteiger partial charge in [0.25, 0.3) is 5.91 Å². The number of aryl methyl sites for hydroxylation is 1. The Bertz CT molecular complexity index is 472. The summed E-state index contributed by atoms with van der Waals surface area (Å²) in [5.41, 5.74) is 0.469. The number of hydrogen-bond acceptors (Lipinski definition) is 3. The first-order valence-electron chi connectivity index (χ1n) is 6.42. The summed E-state index contributed by atoms with van der Waals surface area (Å²) in [7, 11) is 1.71. The molecule has 0 spiro atoms. The summed E-state index contributed by atoms with van der Waals surface area (Å²) in [5, 5.41) is 3.93. The van der Waals surface area contributed by atoms with Crippen molar-refractivity contribution in [2.24, 2.45) is 7.05 Å². The minimum atomic E-state index is -4.19. The summed E-state index contributed by atoms with van der Waals surface area (Å²) in [6.07, 6.45) is -0.563. The van der Waals surface area contributed by atoms with E-state index in [9.17, 15) is 18.0 Å². The van der Waals surface area contributed by atoms with E-state index in [0.717, 1.165) is 0 Å². The van der Waals surface area contributed by atoms with Gasteiger partial charge in [-0.1, -0.05) is 0 Å². The quantitative estimate of drug-likeness (QED) is 0.820. The van der Waals surface area contributed by atoms with E-state index < -0.39 is 12.7 Å². The zero-order valence-electron chi connectivity index (χ0n) is 11.2. The molecule has 0 aliphatic carbocycles. The van der Waals surface area contributed by atoms with Crippen LogP contribution in [0.25, 0.3) is 0 Å². The standard InChI is InChI=1S/C12H17F3N4O/c1-17-8-10(7-16-17)11(20)19-4-2-3-18(5-6-19)9-12(13,14)15/h7-8H,2-6,9H2,1H3. The maximum absolute atomic E-state index is 12.4. The van der Waals surface area contributed by atoms with Crippen LogP contribution in [0.15, 0.2) is 12.4 Å². The molecule has 0 saturated carbocycles. The molecule has 2 heterocycles. The smallest absolute Gasteiger partial charge is 0.337 e. The predicted octanol–water partition coefficient (Wildman–Crippen LogP) is 1.13. The van der Waals surface area contributed by atoms with Crippen LogP contribution in [-0.4, -0.2) is 64.4 Å². The third-order valence-corrected chi connectivity index (χ3v) is 3.23. The number of amides is 1. The molecule has 1 saturated heterocycles. The minimum Gasteiger partial charge on any atom is -0.337 e. The van der Waals surface area contributed by atoms with Crippen LogP contribution in [0.3, 0.4) is 0 Å². The highest BCUT2D eigenvalue weighted by atomic mass is 19.4. The number of carbonyl (C=O) groups excluding carboxylic acids is 1. The van der Waals surface area contributed by atoms with Crippen molar-refractivity contribution in [3.05, 3.63) is 18.0 Å². The Labute approximate surface area is 114 Å². The zero-order valence-corrected chi connectivity index (χ0v) is 11.2. The van der Waals surface area contributed by atoms with Gasteiger partial charge in [-0.25, -0.2) is 0 Å². The zero-order chi connectivity index (χ0) is 14.8. The number of rotatable bonds is 2. The normalized spacial score (nSPS) is 18.1. The van der Waals surface area contributed by atoms with Crippen LogP contribution in [-0.2, 0) is 7.05 Å². The Kier molecular flexibility index (Phi) is 4.32. The Morgan fingerprint density at radius 3 is 2.65 bits per heavy atom. The molecule has 5 nitrogen and oxygen atoms in total. The van der Waals surface area contributed by atoms with Crippen molar-refractivity contribution in [1.82, 2.24) is 19.6 Å². The third-order valence-electron chi connectivity index (χ3n) is 3.23. The van der Waals surface area contributed by atoms with Gasteiger partial charge < -0.3 is 4.90 Å². The molecule has 0 aromatic carbocycles. The highest BCUT2D eigenvalue weighted by molar-refractivity contribution is 5.93. The maximum atomic E-state index is 12.4. The predicted molar refractivity (Wildman–Crippen MR) is 66.2 cm³/mol. The van der Waals surface area contributed by atoms with Gasteiger partial charge in [0.05, 0.1) is 18.3 Å². The van der Waals surface area contributed by atoms with E-state index in [2.05, 4.69) is 5.10 Å². The average molecular weight is 290 g/mol. The van der Waals surface area contributed by atoms with E-state index in [1.54, 1.807) is 18.1 Å². The second kappa shape index (κ2) is 5.82. The topological polar surface area (TPSA) is 41.4 Å². The molecule has 0 unspecified atom stereocenters. The van der Waals surface area contributed by atoms with Crippen LogP contribution in [0.5, 0.6) is 0 Å². The number of hydrogen-bond donors (Lipinski definition) is 0. The monoisotopic (exact) mass is 290 g/mol. The molecule has 1 aliphatic rings. The molecule has 0 N–H and O–H groups in total. The van der Waals surface area contributed by atoms with Gasteiger partial charge >= 0.3 is 6.18 Å². The lowest BCUT2D eigenvalue weighted by Crippen LogP contribution is -2.38. The summed E-state index contributed by atoms with van der Waals surface area (Å²) in [5.74, 6) is -0.174. The molecule has 1 amide bonds. The van der Waals surface area contributed by atoms with E-state index in [-0.39, 0.29) is 12.5 Å². The fourth-order valence-corrected chi connectivity index (χ4v) is 2.30. The van der Waals surface area contributed by atoms with Crippen molar-refractivity contribution in [2.75, 3.05) is 32.7 Å². The first-order valence-corrected chi connectivity index (χ1v) is 6.42. The number of halogens is 3. The van der Waals surface area contributed by atoms with E-state index in [4.69, 9.17) is 0 Å². The molecule has 1 aromatic heterocycles. The van der Waals surface area contributed by atoms with Gasteiger partial charge in [-0.05, 0) is 6.42 Å². The van der Waals surface area contributed by atoms with E-state index in [0.29, 0.717) is 31.6 Å². The molecule has 2 rings (SSSR count). The van der Waals surface area contributed by atoms with Crippen molar-refractivity contribution in [2.45, 2.75) is 12.6 Å². The fourth-order valence-electron chi connectivity index (χ4n) is 2.30. The van der Waals surface area contributed by atoms with Crippen LogP contribution >= 0.6 is 0 Å². The molecule has 0 bridgehead atoms. The van der Waals surface area contributed by atoms with Gasteiger partial charge in [0.2, 0.25) is 0 Å². The molecule has 1 fully saturated rings. The van der Waals surface area contributed by atoms with Gasteiger partial charge in [0.15, 0.2) is 0 Å². The van der Waals surface area contributed by atoms with E-state index in [1.807, 2.05) is 0 Å². The van der Waals surface area contributed by atoms with Crippen LogP contribution in [0.2, 0.25) is 0 Å². The number of aromatic nitrogens is 2. The summed E-state index contributed by atoms with van der Waals surface area (Å²) >= 11 is 0. The van der Waals surface area contributed by atoms with E-state index in [1.165, 1.54) is 15.8 Å². The Hall–Kier alpha value is -1.57. The summed E-state index contributed by atoms with van der Waals surface area (Å²) in [6.45, 7) is 0.468. The summed E-state index contributed by atoms with van der Waals surface area (Å²) in [6, 6.07) is 0. The van der Waals surface area contributed by atoms with Gasteiger partial charge in [-0.3, -0.25) is 14.4 Å². The van der Waals surface area contributed by atoms with Gasteiger partial charge in [0, 0.05) is 39.4 Å². The molecule has 0 radical (unpaired) electrons. The first kappa shape index (κ1) is 14.8. The Morgan fingerprint density at radius 1 is 1.30 bits per heavy atom. The highest BCUT2D eigenvalue weighted by Crippen LogP contribution is 2.18. The van der Waals surface area contributed by atoms with Gasteiger partial charge in [-0.15, -0.1) is 0 Å². The Balaban J connectivity index is 1.94. The summed E-state index contributed by atoms with van der Waals surface area (Å²) < 4.78 is 38.6. The molecule has 1 aromatic rings. The van der Waals surface area contributed by atoms with Crippen molar-refractivity contribution < 1.29 is 18.0 Å². The SMILES string of the molecule is Cn1cc(C(=O)N2CCCN(CC(F)(F)F)CC2)cn1. The second-order valence-corrected chi connectivity index (χ2v) is 4.94. The van der Waals surface area contributed by atoms with Crippen molar-refractivity contribution >= 4 is 5.91 Å². The molecule has 112 valence electrons. The van der Waals surface area contributed by atoms with Crippen LogP contribution in [0.4, 0.5) is 13.2 Å². The number of carbonyl (C=O) groups is 1. The largest absolute Gasteiger partial charge is 0.401 e. The van der Waals surface area contributed by atoms with Crippen molar-refractivity contribution in [1.29, 1.82) is 0 Å². The molecular formula is C12H17F3N4O. The van der Waals surface area contributed by atoms with Crippen LogP contribution in [0.1, 0.15) is 16.8 Å². The Morgan fingerprint density at radius 2 is 2.05 bits per heavy atom. The fraction of sp³-hybridized carbons (Fsp3) is 0.667. The lowest BCUT2D eigenvalue weighted by Gasteiger charge is -2.22. The summed E-state index contributed by atoms with van der Waals surface area (Å²) in [4.78, 5) is 15.1. The lowest BCUT2D eigenvalue weighted by atomic mass is 10.3. The van der Waals surface area contributed by atoms with Gasteiger partial charge in [0.1, 0.15) is 0 Å². The van der Waals surface area contributed by atoms with Gasteiger partial charge in [-0.2, -0.15) is 18.3 Å². The highest BCUT2D eigenvalue weighted by Gasteiger charge is 2.32. The molecule has 0 atom stereocenters. The average Bonchev–Trinajstić information content (AvgIpc) is 2.64. The van der Waals surface area contributed by atoms with E-state index >= 15 is 0 Å². The number of alkyl halides is 3. The lowest BCUT2D eigenvalue weighted by molar-refractivity contribution is -0.145. The molecule has 20 heavy (non-hydrogen) atoms. The first-order chi connectivity index (χ1) is 9.35. The number of nitrogens with zero attached hydrogens (tertiary/aromatic N) is 4. The molecular weight excluding hydrogens is 273 g/mol. The third kappa shape index (κ3) is 3.96. The van der Waals surface area contributed by atoms with Crippen LogP contribution < -0.4 is 0 Å². The van der Waals surface area contributed by atoms with Crippen LogP contribution in [0, 0.1) is 0 Å². The van der Waals surface area contributed by atoms with Crippen molar-refractivity contribution in [3.63, 3.8) is 0 Å². The molecule has 1 aliphatic heterocycles. The minimum absolute atomic E-state index is 0.174. The molecule has 8 heteroatoms. The second-order valence-electron chi connectivity index (χ2n) is 4.94. The van der Waals surface area contributed by atoms with Crippen molar-refractivity contribution in [3.8, 4) is 0 Å².